The summed E-state index contributed by atoms with van der Waals surface area (Å²) in [6, 6.07) is 9.23. The Morgan fingerprint density at radius 1 is 1.21 bits per heavy atom. The van der Waals surface area contributed by atoms with E-state index in [0.717, 1.165) is 5.56 Å². The van der Waals surface area contributed by atoms with Gasteiger partial charge in [-0.1, -0.05) is 30.3 Å². The third-order valence-electron chi connectivity index (χ3n) is 2.45. The number of nitrogens with zero attached hydrogens (tertiary/aromatic N) is 1. The second-order valence-corrected chi connectivity index (χ2v) is 3.86. The van der Waals surface area contributed by atoms with Crippen LogP contribution in [0.5, 0.6) is 0 Å². The van der Waals surface area contributed by atoms with Gasteiger partial charge in [-0.2, -0.15) is 4.99 Å². The van der Waals surface area contributed by atoms with E-state index in [4.69, 9.17) is 4.74 Å². The molecule has 6 nitrogen and oxygen atoms in total. The van der Waals surface area contributed by atoms with Crippen LogP contribution in [-0.4, -0.2) is 23.7 Å². The molecule has 0 atom stereocenters. The summed E-state index contributed by atoms with van der Waals surface area (Å²) in [6.45, 7) is 0.176. The van der Waals surface area contributed by atoms with Gasteiger partial charge in [-0.05, 0) is 5.56 Å². The Balaban J connectivity index is 1.75. The zero-order chi connectivity index (χ0) is 13.7. The summed E-state index contributed by atoms with van der Waals surface area (Å²) in [7, 11) is 0. The van der Waals surface area contributed by atoms with Gasteiger partial charge in [-0.15, -0.1) is 0 Å². The molecule has 98 valence electrons. The Kier molecular flexibility index (Phi) is 4.02. The summed E-state index contributed by atoms with van der Waals surface area (Å²) >= 11 is 0. The number of benzene rings is 1. The summed E-state index contributed by atoms with van der Waals surface area (Å²) in [5, 5.41) is 0. The van der Waals surface area contributed by atoms with Crippen LogP contribution in [0.3, 0.4) is 0 Å². The van der Waals surface area contributed by atoms with Crippen molar-refractivity contribution in [1.29, 1.82) is 0 Å². The van der Waals surface area contributed by atoms with E-state index in [1.165, 1.54) is 0 Å². The molecule has 1 aliphatic heterocycles. The number of amides is 1. The van der Waals surface area contributed by atoms with Crippen LogP contribution in [0.2, 0.25) is 0 Å². The van der Waals surface area contributed by atoms with Crippen molar-refractivity contribution in [3.05, 3.63) is 35.9 Å². The molecule has 0 saturated heterocycles. The highest BCUT2D eigenvalue weighted by molar-refractivity contribution is 6.42. The number of carbonyl (C=O) groups is 3. The lowest BCUT2D eigenvalue weighted by molar-refractivity contribution is -0.144. The topological polar surface area (TPSA) is 82.0 Å². The molecule has 19 heavy (non-hydrogen) atoms. The van der Waals surface area contributed by atoms with E-state index in [1.54, 1.807) is 0 Å². The zero-order valence-electron chi connectivity index (χ0n) is 10.00. The number of esters is 2. The fraction of sp³-hybridized carbons (Fsp3) is 0.231. The minimum absolute atomic E-state index is 0.0198. The molecule has 0 aromatic heterocycles. The van der Waals surface area contributed by atoms with Crippen molar-refractivity contribution < 1.29 is 23.9 Å². The molecule has 0 spiro atoms. The minimum atomic E-state index is -0.933. The highest BCUT2D eigenvalue weighted by Crippen LogP contribution is 2.07. The zero-order valence-corrected chi connectivity index (χ0v) is 10.00. The van der Waals surface area contributed by atoms with Gasteiger partial charge in [-0.25, -0.2) is 9.59 Å². The van der Waals surface area contributed by atoms with Gasteiger partial charge >= 0.3 is 18.0 Å². The Morgan fingerprint density at radius 3 is 2.58 bits per heavy atom. The molecule has 1 aliphatic rings. The lowest BCUT2D eigenvalue weighted by Gasteiger charge is -2.04. The second-order valence-electron chi connectivity index (χ2n) is 3.86. The number of hydrogen-bond donors (Lipinski definition) is 0. The van der Waals surface area contributed by atoms with E-state index in [-0.39, 0.29) is 25.2 Å². The van der Waals surface area contributed by atoms with Crippen LogP contribution in [0, 0.1) is 0 Å². The van der Waals surface area contributed by atoms with Crippen molar-refractivity contribution in [2.24, 2.45) is 4.99 Å². The molecule has 0 radical (unpaired) electrons. The van der Waals surface area contributed by atoms with Crippen LogP contribution in [0.15, 0.2) is 35.3 Å². The number of ether oxygens (including phenoxy) is 2. The third kappa shape index (κ3) is 3.74. The molecule has 0 bridgehead atoms. The number of hydrogen-bond acceptors (Lipinski definition) is 5. The predicted molar refractivity (Wildman–Crippen MR) is 64.4 cm³/mol. The van der Waals surface area contributed by atoms with Crippen molar-refractivity contribution in [2.45, 2.75) is 19.4 Å². The first-order valence-electron chi connectivity index (χ1n) is 5.68. The molecule has 1 aromatic carbocycles. The molecule has 0 unspecified atom stereocenters. The fourth-order valence-electron chi connectivity index (χ4n) is 1.51. The van der Waals surface area contributed by atoms with Gasteiger partial charge in [-0.3, -0.25) is 4.79 Å². The minimum Gasteiger partial charge on any atom is -0.461 e. The SMILES string of the molecule is O=C(CCC1=NC(=O)OC1=O)OCc1ccccc1. The first-order chi connectivity index (χ1) is 9.15. The smallest absolute Gasteiger partial charge is 0.442 e. The van der Waals surface area contributed by atoms with Crippen molar-refractivity contribution in [3.8, 4) is 0 Å². The van der Waals surface area contributed by atoms with Crippen LogP contribution in [0.1, 0.15) is 18.4 Å². The van der Waals surface area contributed by atoms with Gasteiger partial charge in [0.05, 0.1) is 6.42 Å². The Hall–Kier alpha value is -2.50. The van der Waals surface area contributed by atoms with Gasteiger partial charge < -0.3 is 9.47 Å². The van der Waals surface area contributed by atoms with E-state index in [1.807, 2.05) is 30.3 Å². The van der Waals surface area contributed by atoms with Crippen LogP contribution >= 0.6 is 0 Å². The summed E-state index contributed by atoms with van der Waals surface area (Å²) in [4.78, 5) is 36.5. The molecular weight excluding hydrogens is 250 g/mol. The Labute approximate surface area is 109 Å². The maximum absolute atomic E-state index is 11.4. The summed E-state index contributed by atoms with van der Waals surface area (Å²) in [6.07, 6.45) is -0.913. The molecule has 0 saturated carbocycles. The standard InChI is InChI=1S/C13H11NO5/c15-11(18-8-9-4-2-1-3-5-9)7-6-10-12(16)19-13(17)14-10/h1-5H,6-8H2. The van der Waals surface area contributed by atoms with E-state index in [0.29, 0.717) is 0 Å². The molecule has 2 rings (SSSR count). The van der Waals surface area contributed by atoms with E-state index >= 15 is 0 Å². The lowest BCUT2D eigenvalue weighted by Crippen LogP contribution is -2.13. The largest absolute Gasteiger partial charge is 0.461 e. The van der Waals surface area contributed by atoms with E-state index < -0.39 is 18.0 Å². The molecule has 0 aliphatic carbocycles. The maximum atomic E-state index is 11.4. The predicted octanol–water partition coefficient (Wildman–Crippen LogP) is 1.63. The number of carbonyl (C=O) groups excluding carboxylic acids is 3. The van der Waals surface area contributed by atoms with Gasteiger partial charge in [0.1, 0.15) is 12.3 Å². The normalized spacial score (nSPS) is 14.0. The second kappa shape index (κ2) is 5.90. The molecule has 1 aromatic rings. The monoisotopic (exact) mass is 261 g/mol. The molecular formula is C13H11NO5. The maximum Gasteiger partial charge on any atom is 0.442 e. The average Bonchev–Trinajstić information content (AvgIpc) is 2.73. The number of rotatable bonds is 5. The lowest BCUT2D eigenvalue weighted by atomic mass is 10.2. The summed E-state index contributed by atoms with van der Waals surface area (Å²) < 4.78 is 9.22. The van der Waals surface area contributed by atoms with E-state index in [2.05, 4.69) is 9.73 Å². The third-order valence-corrected chi connectivity index (χ3v) is 2.45. The van der Waals surface area contributed by atoms with Crippen LogP contribution < -0.4 is 0 Å². The van der Waals surface area contributed by atoms with Crippen molar-refractivity contribution in [1.82, 2.24) is 0 Å². The summed E-state index contributed by atoms with van der Waals surface area (Å²) in [5.74, 6) is -1.25. The number of aliphatic imine (C=N–C) groups is 1. The number of cyclic esters (lactones) is 2. The van der Waals surface area contributed by atoms with Crippen molar-refractivity contribution in [2.75, 3.05) is 0 Å². The molecule has 1 heterocycles. The Morgan fingerprint density at radius 2 is 1.95 bits per heavy atom. The van der Waals surface area contributed by atoms with Crippen molar-refractivity contribution in [3.63, 3.8) is 0 Å². The summed E-state index contributed by atoms with van der Waals surface area (Å²) in [5.41, 5.74) is 0.838. The molecule has 0 N–H and O–H groups in total. The van der Waals surface area contributed by atoms with Crippen LogP contribution in [0.25, 0.3) is 0 Å². The highest BCUT2D eigenvalue weighted by Gasteiger charge is 2.26. The molecule has 0 fully saturated rings. The molecule has 6 heteroatoms. The van der Waals surface area contributed by atoms with Gasteiger partial charge in [0.25, 0.3) is 0 Å². The van der Waals surface area contributed by atoms with Crippen LogP contribution in [0.4, 0.5) is 4.79 Å². The van der Waals surface area contributed by atoms with Gasteiger partial charge in [0.15, 0.2) is 0 Å². The molecule has 1 amide bonds. The first kappa shape index (κ1) is 12.9. The first-order valence-corrected chi connectivity index (χ1v) is 5.68. The van der Waals surface area contributed by atoms with Gasteiger partial charge in [0, 0.05) is 6.42 Å². The van der Waals surface area contributed by atoms with Crippen molar-refractivity contribution >= 4 is 23.7 Å². The van der Waals surface area contributed by atoms with E-state index in [9.17, 15) is 14.4 Å². The average molecular weight is 261 g/mol. The highest BCUT2D eigenvalue weighted by atomic mass is 16.6. The fourth-order valence-corrected chi connectivity index (χ4v) is 1.51. The Bertz CT molecular complexity index is 535. The quantitative estimate of drug-likeness (QED) is 0.594. The van der Waals surface area contributed by atoms with Crippen LogP contribution in [-0.2, 0) is 25.7 Å². The van der Waals surface area contributed by atoms with Gasteiger partial charge in [0.2, 0.25) is 0 Å².